The molecule has 0 saturated heterocycles. The first kappa shape index (κ1) is 19.9. The third-order valence-corrected chi connectivity index (χ3v) is 5.91. The van der Waals surface area contributed by atoms with Crippen molar-refractivity contribution in [1.82, 2.24) is 20.2 Å². The number of rotatable bonds is 6. The number of nitrogen functional groups attached to an aromatic ring is 2. The smallest absolute Gasteiger partial charge is 0.259 e. The van der Waals surface area contributed by atoms with E-state index < -0.39 is 11.8 Å². The first-order valence-corrected chi connectivity index (χ1v) is 10.5. The largest absolute Gasteiger partial charge is 0.399 e. The molecule has 1 aliphatic heterocycles. The van der Waals surface area contributed by atoms with Gasteiger partial charge in [0.15, 0.2) is 0 Å². The molecule has 8 heteroatoms. The zero-order valence-electron chi connectivity index (χ0n) is 17.7. The minimum absolute atomic E-state index is 0.337. The summed E-state index contributed by atoms with van der Waals surface area (Å²) in [5.74, 6) is -0.840. The van der Waals surface area contributed by atoms with Gasteiger partial charge in [-0.3, -0.25) is 14.9 Å². The highest BCUT2D eigenvalue weighted by atomic mass is 16.2. The van der Waals surface area contributed by atoms with Crippen molar-refractivity contribution in [3.63, 3.8) is 0 Å². The molecule has 4 aromatic rings. The van der Waals surface area contributed by atoms with E-state index in [1.54, 1.807) is 18.3 Å². The lowest BCUT2D eigenvalue weighted by molar-refractivity contribution is -0.122. The van der Waals surface area contributed by atoms with E-state index >= 15 is 0 Å². The molecule has 0 unspecified atom stereocenters. The summed E-state index contributed by atoms with van der Waals surface area (Å²) in [4.78, 5) is 29.1. The molecule has 162 valence electrons. The first-order chi connectivity index (χ1) is 15.5. The van der Waals surface area contributed by atoms with Gasteiger partial charge in [-0.15, -0.1) is 0 Å². The van der Waals surface area contributed by atoms with Crippen LogP contribution in [-0.4, -0.2) is 35.0 Å². The number of carbonyl (C=O) groups is 2. The second-order valence-corrected chi connectivity index (χ2v) is 8.01. The van der Waals surface area contributed by atoms with Crippen LogP contribution in [0.4, 0.5) is 11.4 Å². The van der Waals surface area contributed by atoms with Crippen LogP contribution in [0, 0.1) is 0 Å². The maximum absolute atomic E-state index is 13.0. The molecule has 32 heavy (non-hydrogen) atoms. The van der Waals surface area contributed by atoms with E-state index in [0.717, 1.165) is 41.3 Å². The van der Waals surface area contributed by atoms with E-state index in [2.05, 4.69) is 20.2 Å². The molecule has 1 aliphatic rings. The fourth-order valence-corrected chi connectivity index (χ4v) is 4.44. The zero-order chi connectivity index (χ0) is 22.4. The standard InChI is InChI=1S/C24H24N6O2/c1-27-7-2-8-30-12-18(16-10-14(26)4-6-20(16)30)22-21(23(31)29-24(22)32)17-11-28-19-5-3-13(25)9-15(17)19/h3-6,9-12,27-28H,2,7-8,25-26H2,1H3,(H,29,31,32). The number of anilines is 2. The number of carbonyl (C=O) groups excluding carboxylic acids is 2. The molecule has 0 aliphatic carbocycles. The fraction of sp³-hybridized carbons (Fsp3) is 0.167. The summed E-state index contributed by atoms with van der Waals surface area (Å²) in [7, 11) is 1.92. The molecule has 3 heterocycles. The van der Waals surface area contributed by atoms with Gasteiger partial charge in [0.05, 0.1) is 11.1 Å². The summed E-state index contributed by atoms with van der Waals surface area (Å²) in [5, 5.41) is 7.26. The SMILES string of the molecule is CNCCCn1cc(C2=C(c3c[nH]c4ccc(N)cc34)C(=O)NC2=O)c2cc(N)ccc21. The summed E-state index contributed by atoms with van der Waals surface area (Å²) in [6.07, 6.45) is 4.61. The van der Waals surface area contributed by atoms with Crippen LogP contribution < -0.4 is 22.1 Å². The number of amides is 2. The van der Waals surface area contributed by atoms with Crippen LogP contribution in [-0.2, 0) is 16.1 Å². The van der Waals surface area contributed by atoms with Crippen molar-refractivity contribution in [1.29, 1.82) is 0 Å². The Kier molecular flexibility index (Phi) is 4.71. The molecule has 2 aromatic carbocycles. The van der Waals surface area contributed by atoms with Crippen LogP contribution in [0.5, 0.6) is 0 Å². The van der Waals surface area contributed by atoms with E-state index in [-0.39, 0.29) is 0 Å². The molecular formula is C24H24N6O2. The summed E-state index contributed by atoms with van der Waals surface area (Å²) in [6, 6.07) is 11.1. The second kappa shape index (κ2) is 7.58. The van der Waals surface area contributed by atoms with Gasteiger partial charge in [0, 0.05) is 63.2 Å². The van der Waals surface area contributed by atoms with Gasteiger partial charge in [-0.1, -0.05) is 0 Å². The van der Waals surface area contributed by atoms with Crippen molar-refractivity contribution in [3.05, 3.63) is 59.9 Å². The van der Waals surface area contributed by atoms with Gasteiger partial charge in [0.1, 0.15) is 0 Å². The Morgan fingerprint density at radius 1 is 0.938 bits per heavy atom. The number of imide groups is 1. The van der Waals surface area contributed by atoms with E-state index in [1.807, 2.05) is 37.5 Å². The molecule has 8 nitrogen and oxygen atoms in total. The molecule has 0 radical (unpaired) electrons. The Bertz CT molecular complexity index is 1430. The normalized spacial score (nSPS) is 14.2. The molecular weight excluding hydrogens is 404 g/mol. The quantitative estimate of drug-likeness (QED) is 0.183. The lowest BCUT2D eigenvalue weighted by Crippen LogP contribution is -2.22. The van der Waals surface area contributed by atoms with Gasteiger partial charge < -0.3 is 26.3 Å². The van der Waals surface area contributed by atoms with E-state index in [9.17, 15) is 9.59 Å². The van der Waals surface area contributed by atoms with Crippen LogP contribution in [0.3, 0.4) is 0 Å². The number of H-pyrrole nitrogens is 1. The predicted molar refractivity (Wildman–Crippen MR) is 128 cm³/mol. The predicted octanol–water partition coefficient (Wildman–Crippen LogP) is 2.46. The number of aryl methyl sites for hydroxylation is 1. The average Bonchev–Trinajstić information content (AvgIpc) is 3.41. The molecule has 2 amide bonds. The van der Waals surface area contributed by atoms with Crippen molar-refractivity contribution in [2.75, 3.05) is 25.1 Å². The highest BCUT2D eigenvalue weighted by Gasteiger charge is 2.35. The Morgan fingerprint density at radius 3 is 2.38 bits per heavy atom. The van der Waals surface area contributed by atoms with Crippen LogP contribution >= 0.6 is 0 Å². The van der Waals surface area contributed by atoms with Crippen molar-refractivity contribution in [2.45, 2.75) is 13.0 Å². The van der Waals surface area contributed by atoms with Gasteiger partial charge in [-0.05, 0) is 56.4 Å². The summed E-state index contributed by atoms with van der Waals surface area (Å²) >= 11 is 0. The maximum Gasteiger partial charge on any atom is 0.259 e. The topological polar surface area (TPSA) is 131 Å². The van der Waals surface area contributed by atoms with Crippen LogP contribution in [0.15, 0.2) is 48.8 Å². The first-order valence-electron chi connectivity index (χ1n) is 10.5. The fourth-order valence-electron chi connectivity index (χ4n) is 4.44. The number of nitrogens with two attached hydrogens (primary N) is 2. The third kappa shape index (κ3) is 3.12. The molecule has 2 aromatic heterocycles. The highest BCUT2D eigenvalue weighted by molar-refractivity contribution is 6.50. The van der Waals surface area contributed by atoms with Gasteiger partial charge >= 0.3 is 0 Å². The van der Waals surface area contributed by atoms with Crippen molar-refractivity contribution in [2.24, 2.45) is 0 Å². The van der Waals surface area contributed by atoms with Crippen molar-refractivity contribution >= 4 is 56.1 Å². The van der Waals surface area contributed by atoms with Crippen molar-refractivity contribution in [3.8, 4) is 0 Å². The number of hydrogen-bond donors (Lipinski definition) is 5. The lowest BCUT2D eigenvalue weighted by atomic mass is 9.95. The zero-order valence-corrected chi connectivity index (χ0v) is 17.7. The number of aromatic amines is 1. The number of nitrogens with zero attached hydrogens (tertiary/aromatic N) is 1. The van der Waals surface area contributed by atoms with Gasteiger partial charge in [0.2, 0.25) is 0 Å². The van der Waals surface area contributed by atoms with Gasteiger partial charge in [0.25, 0.3) is 11.8 Å². The molecule has 0 saturated carbocycles. The Hall–Kier alpha value is -4.04. The van der Waals surface area contributed by atoms with Crippen LogP contribution in [0.2, 0.25) is 0 Å². The Balaban J connectivity index is 1.76. The van der Waals surface area contributed by atoms with E-state index in [0.29, 0.717) is 33.6 Å². The summed E-state index contributed by atoms with van der Waals surface area (Å²) < 4.78 is 2.11. The Morgan fingerprint density at radius 2 is 1.62 bits per heavy atom. The highest BCUT2D eigenvalue weighted by Crippen LogP contribution is 2.39. The van der Waals surface area contributed by atoms with Crippen molar-refractivity contribution < 1.29 is 9.59 Å². The molecule has 0 fully saturated rings. The average molecular weight is 428 g/mol. The number of fused-ring (bicyclic) bond motifs is 2. The Labute approximate surface area is 184 Å². The van der Waals surface area contributed by atoms with Gasteiger partial charge in [-0.25, -0.2) is 0 Å². The molecule has 5 rings (SSSR count). The molecule has 0 spiro atoms. The van der Waals surface area contributed by atoms with Crippen LogP contribution in [0.1, 0.15) is 17.5 Å². The third-order valence-electron chi connectivity index (χ3n) is 5.91. The number of hydrogen-bond acceptors (Lipinski definition) is 5. The minimum Gasteiger partial charge on any atom is -0.399 e. The monoisotopic (exact) mass is 428 g/mol. The van der Waals surface area contributed by atoms with E-state index in [1.165, 1.54) is 0 Å². The number of nitrogens with one attached hydrogen (secondary N) is 3. The minimum atomic E-state index is -0.423. The summed E-state index contributed by atoms with van der Waals surface area (Å²) in [6.45, 7) is 1.64. The summed E-state index contributed by atoms with van der Waals surface area (Å²) in [5.41, 5.74) is 17.1. The van der Waals surface area contributed by atoms with Crippen LogP contribution in [0.25, 0.3) is 33.0 Å². The number of aromatic nitrogens is 2. The van der Waals surface area contributed by atoms with E-state index in [4.69, 9.17) is 11.5 Å². The maximum atomic E-state index is 13.0. The lowest BCUT2D eigenvalue weighted by Gasteiger charge is -2.05. The molecule has 7 N–H and O–H groups in total. The molecule has 0 atom stereocenters. The second-order valence-electron chi connectivity index (χ2n) is 8.01. The number of benzene rings is 2. The van der Waals surface area contributed by atoms with Gasteiger partial charge in [-0.2, -0.15) is 0 Å². The molecule has 0 bridgehead atoms.